The van der Waals surface area contributed by atoms with E-state index in [1.165, 1.54) is 11.9 Å². The fraction of sp³-hybridized carbons (Fsp3) is 0.0588. The average Bonchev–Trinajstić information content (AvgIpc) is 3.00. The zero-order valence-corrected chi connectivity index (χ0v) is 11.8. The predicted molar refractivity (Wildman–Crippen MR) is 83.3 cm³/mol. The summed E-state index contributed by atoms with van der Waals surface area (Å²) in [5.41, 5.74) is 4.84. The van der Waals surface area contributed by atoms with Gasteiger partial charge in [-0.25, -0.2) is 19.5 Å². The Morgan fingerprint density at radius 2 is 1.68 bits per heavy atom. The van der Waals surface area contributed by atoms with Gasteiger partial charge in [0.05, 0.1) is 17.6 Å². The molecule has 0 N–H and O–H groups in total. The lowest BCUT2D eigenvalue weighted by Crippen LogP contribution is -2.00. The zero-order chi connectivity index (χ0) is 14.8. The molecular formula is C17H13N5. The first kappa shape index (κ1) is 12.6. The summed E-state index contributed by atoms with van der Waals surface area (Å²) >= 11 is 0. The van der Waals surface area contributed by atoms with Crippen LogP contribution in [-0.2, 0) is 6.42 Å². The molecule has 0 spiro atoms. The van der Waals surface area contributed by atoms with Gasteiger partial charge in [-0.3, -0.25) is 0 Å². The molecule has 22 heavy (non-hydrogen) atoms. The first-order chi connectivity index (χ1) is 10.9. The van der Waals surface area contributed by atoms with Gasteiger partial charge in [-0.05, 0) is 17.7 Å². The van der Waals surface area contributed by atoms with E-state index in [2.05, 4.69) is 27.1 Å². The third kappa shape index (κ3) is 2.33. The molecule has 0 fully saturated rings. The minimum absolute atomic E-state index is 0.791. The SMILES string of the molecule is c1ccc(Cc2ccc3ncc(-c4cncnc4)n3n2)cc1. The normalized spacial score (nSPS) is 10.9. The summed E-state index contributed by atoms with van der Waals surface area (Å²) in [6, 6.07) is 14.3. The van der Waals surface area contributed by atoms with Gasteiger partial charge in [-0.15, -0.1) is 0 Å². The molecule has 0 atom stereocenters. The highest BCUT2D eigenvalue weighted by Gasteiger charge is 2.08. The van der Waals surface area contributed by atoms with Gasteiger partial charge in [-0.2, -0.15) is 5.10 Å². The summed E-state index contributed by atoms with van der Waals surface area (Å²) in [7, 11) is 0. The Morgan fingerprint density at radius 1 is 0.864 bits per heavy atom. The molecule has 0 bridgehead atoms. The predicted octanol–water partition coefficient (Wildman–Crippen LogP) is 2.78. The van der Waals surface area contributed by atoms with Gasteiger partial charge in [0.25, 0.3) is 0 Å². The molecular weight excluding hydrogens is 274 g/mol. The van der Waals surface area contributed by atoms with E-state index in [0.29, 0.717) is 0 Å². The Hall–Kier alpha value is -3.08. The molecule has 1 aromatic carbocycles. The average molecular weight is 287 g/mol. The molecule has 0 aliphatic rings. The number of rotatable bonds is 3. The number of aromatic nitrogens is 5. The first-order valence-electron chi connectivity index (χ1n) is 7.03. The second-order valence-corrected chi connectivity index (χ2v) is 5.03. The number of hydrogen-bond donors (Lipinski definition) is 0. The molecule has 0 saturated carbocycles. The van der Waals surface area contributed by atoms with Crippen LogP contribution in [0.25, 0.3) is 16.9 Å². The molecule has 4 rings (SSSR count). The molecule has 3 heterocycles. The molecule has 0 unspecified atom stereocenters. The quantitative estimate of drug-likeness (QED) is 0.581. The monoisotopic (exact) mass is 287 g/mol. The number of fused-ring (bicyclic) bond motifs is 1. The number of hydrogen-bond acceptors (Lipinski definition) is 4. The van der Waals surface area contributed by atoms with Gasteiger partial charge in [0.2, 0.25) is 0 Å². The van der Waals surface area contributed by atoms with Crippen molar-refractivity contribution < 1.29 is 0 Å². The molecule has 4 aromatic rings. The van der Waals surface area contributed by atoms with Crippen LogP contribution in [0.3, 0.4) is 0 Å². The van der Waals surface area contributed by atoms with E-state index in [0.717, 1.165) is 29.0 Å². The summed E-state index contributed by atoms with van der Waals surface area (Å²) in [5.74, 6) is 0. The molecule has 0 saturated heterocycles. The molecule has 5 nitrogen and oxygen atoms in total. The van der Waals surface area contributed by atoms with Crippen LogP contribution in [0.1, 0.15) is 11.3 Å². The number of benzene rings is 1. The highest BCUT2D eigenvalue weighted by atomic mass is 15.3. The Balaban J connectivity index is 1.77. The van der Waals surface area contributed by atoms with Crippen molar-refractivity contribution in [2.24, 2.45) is 0 Å². The molecule has 5 heteroatoms. The van der Waals surface area contributed by atoms with Crippen molar-refractivity contribution in [3.8, 4) is 11.3 Å². The van der Waals surface area contributed by atoms with Crippen molar-refractivity contribution in [1.82, 2.24) is 24.6 Å². The van der Waals surface area contributed by atoms with Crippen molar-refractivity contribution in [2.45, 2.75) is 6.42 Å². The van der Waals surface area contributed by atoms with Crippen molar-refractivity contribution in [3.63, 3.8) is 0 Å². The zero-order valence-electron chi connectivity index (χ0n) is 11.8. The van der Waals surface area contributed by atoms with Crippen LogP contribution < -0.4 is 0 Å². The maximum atomic E-state index is 4.71. The van der Waals surface area contributed by atoms with Crippen molar-refractivity contribution >= 4 is 5.65 Å². The third-order valence-electron chi connectivity index (χ3n) is 3.50. The van der Waals surface area contributed by atoms with Crippen LogP contribution in [0.15, 0.2) is 67.4 Å². The third-order valence-corrected chi connectivity index (χ3v) is 3.50. The van der Waals surface area contributed by atoms with Gasteiger partial charge in [0, 0.05) is 24.4 Å². The smallest absolute Gasteiger partial charge is 0.154 e. The first-order valence-corrected chi connectivity index (χ1v) is 7.03. The Morgan fingerprint density at radius 3 is 2.50 bits per heavy atom. The van der Waals surface area contributed by atoms with E-state index in [-0.39, 0.29) is 0 Å². The van der Waals surface area contributed by atoms with E-state index in [4.69, 9.17) is 5.10 Å². The van der Waals surface area contributed by atoms with Crippen LogP contribution in [0.5, 0.6) is 0 Å². The highest BCUT2D eigenvalue weighted by molar-refractivity contribution is 5.61. The highest BCUT2D eigenvalue weighted by Crippen LogP contribution is 2.18. The maximum absolute atomic E-state index is 4.71. The van der Waals surface area contributed by atoms with Crippen molar-refractivity contribution in [2.75, 3.05) is 0 Å². The van der Waals surface area contributed by atoms with Crippen LogP contribution in [0.2, 0.25) is 0 Å². The molecule has 0 aliphatic carbocycles. The van der Waals surface area contributed by atoms with Gasteiger partial charge < -0.3 is 0 Å². The Kier molecular flexibility index (Phi) is 3.08. The van der Waals surface area contributed by atoms with E-state index in [9.17, 15) is 0 Å². The topological polar surface area (TPSA) is 56.0 Å². The van der Waals surface area contributed by atoms with Crippen LogP contribution in [0, 0.1) is 0 Å². The molecule has 106 valence electrons. The minimum atomic E-state index is 0.791. The second kappa shape index (κ2) is 5.37. The Bertz CT molecular complexity index is 900. The maximum Gasteiger partial charge on any atom is 0.154 e. The lowest BCUT2D eigenvalue weighted by Gasteiger charge is -2.04. The van der Waals surface area contributed by atoms with Crippen molar-refractivity contribution in [1.29, 1.82) is 0 Å². The molecule has 0 amide bonds. The van der Waals surface area contributed by atoms with Gasteiger partial charge in [-0.1, -0.05) is 30.3 Å². The van der Waals surface area contributed by atoms with E-state index >= 15 is 0 Å². The number of imidazole rings is 1. The van der Waals surface area contributed by atoms with E-state index in [1.54, 1.807) is 18.6 Å². The van der Waals surface area contributed by atoms with Gasteiger partial charge in [0.1, 0.15) is 6.33 Å². The number of nitrogens with zero attached hydrogens (tertiary/aromatic N) is 5. The summed E-state index contributed by atoms with van der Waals surface area (Å²) in [6.45, 7) is 0. The molecule has 0 aliphatic heterocycles. The summed E-state index contributed by atoms with van der Waals surface area (Å²) in [4.78, 5) is 12.5. The second-order valence-electron chi connectivity index (χ2n) is 5.03. The van der Waals surface area contributed by atoms with Crippen molar-refractivity contribution in [3.05, 3.63) is 78.6 Å². The van der Waals surface area contributed by atoms with Crippen LogP contribution in [-0.4, -0.2) is 24.6 Å². The fourth-order valence-electron chi connectivity index (χ4n) is 2.44. The Labute approximate surface area is 127 Å². The standard InChI is InChI=1S/C17H13N5/c1-2-4-13(5-3-1)8-15-6-7-17-20-11-16(22(17)21-15)14-9-18-12-19-10-14/h1-7,9-12H,8H2. The fourth-order valence-corrected chi connectivity index (χ4v) is 2.44. The minimum Gasteiger partial charge on any atom is -0.244 e. The van der Waals surface area contributed by atoms with Crippen LogP contribution in [0.4, 0.5) is 0 Å². The lowest BCUT2D eigenvalue weighted by molar-refractivity contribution is 0.878. The van der Waals surface area contributed by atoms with Gasteiger partial charge >= 0.3 is 0 Å². The summed E-state index contributed by atoms with van der Waals surface area (Å²) < 4.78 is 1.84. The van der Waals surface area contributed by atoms with Crippen LogP contribution >= 0.6 is 0 Å². The lowest BCUT2D eigenvalue weighted by atomic mass is 10.1. The summed E-state index contributed by atoms with van der Waals surface area (Å²) in [6.07, 6.45) is 7.64. The molecule has 0 radical (unpaired) electrons. The molecule has 3 aromatic heterocycles. The van der Waals surface area contributed by atoms with Gasteiger partial charge in [0.15, 0.2) is 5.65 Å². The van der Waals surface area contributed by atoms with E-state index in [1.807, 2.05) is 34.8 Å². The summed E-state index contributed by atoms with van der Waals surface area (Å²) in [5, 5.41) is 4.71. The largest absolute Gasteiger partial charge is 0.244 e. The van der Waals surface area contributed by atoms with E-state index < -0.39 is 0 Å².